The Morgan fingerprint density at radius 2 is 1.85 bits per heavy atom. The molecule has 1 aromatic carbocycles. The normalized spacial score (nSPS) is 10.2. The van der Waals surface area contributed by atoms with Crippen molar-refractivity contribution in [1.29, 1.82) is 0 Å². The third kappa shape index (κ3) is 1.58. The van der Waals surface area contributed by atoms with Crippen LogP contribution >= 0.6 is 11.3 Å². The molecule has 0 spiro atoms. The molecule has 0 fully saturated rings. The third-order valence-electron chi connectivity index (χ3n) is 1.91. The molecule has 0 radical (unpaired) electrons. The van der Waals surface area contributed by atoms with Crippen LogP contribution in [-0.4, -0.2) is 5.11 Å². The van der Waals surface area contributed by atoms with Crippen molar-refractivity contribution in [2.45, 2.75) is 6.92 Å². The summed E-state index contributed by atoms with van der Waals surface area (Å²) < 4.78 is 0. The summed E-state index contributed by atoms with van der Waals surface area (Å²) in [6.07, 6.45) is 0. The quantitative estimate of drug-likeness (QED) is 0.730. The smallest absolute Gasteiger partial charge is 0.124 e. The highest BCUT2D eigenvalue weighted by molar-refractivity contribution is 7.15. The predicted molar refractivity (Wildman–Crippen MR) is 56.2 cm³/mol. The van der Waals surface area contributed by atoms with Crippen molar-refractivity contribution in [2.75, 3.05) is 0 Å². The van der Waals surface area contributed by atoms with Crippen molar-refractivity contribution >= 4 is 11.3 Å². The van der Waals surface area contributed by atoms with E-state index >= 15 is 0 Å². The zero-order valence-electron chi connectivity index (χ0n) is 7.32. The molecule has 1 N–H and O–H groups in total. The van der Waals surface area contributed by atoms with Gasteiger partial charge in [-0.15, -0.1) is 11.3 Å². The number of phenols is 1. The van der Waals surface area contributed by atoms with Gasteiger partial charge < -0.3 is 5.11 Å². The molecule has 66 valence electrons. The number of aryl methyl sites for hydroxylation is 1. The Hall–Kier alpha value is -1.28. The van der Waals surface area contributed by atoms with Crippen molar-refractivity contribution in [3.05, 3.63) is 41.3 Å². The number of para-hydroxylation sites is 1. The van der Waals surface area contributed by atoms with E-state index < -0.39 is 0 Å². The fourth-order valence-corrected chi connectivity index (χ4v) is 2.16. The molecule has 0 aliphatic heterocycles. The highest BCUT2D eigenvalue weighted by atomic mass is 32.1. The summed E-state index contributed by atoms with van der Waals surface area (Å²) in [7, 11) is 0. The second-order valence-corrected chi connectivity index (χ2v) is 4.22. The monoisotopic (exact) mass is 190 g/mol. The first-order valence-corrected chi connectivity index (χ1v) is 4.94. The highest BCUT2D eigenvalue weighted by Gasteiger charge is 2.04. The molecule has 2 rings (SSSR count). The molecule has 0 unspecified atom stereocenters. The Bertz CT molecular complexity index is 418. The summed E-state index contributed by atoms with van der Waals surface area (Å²) in [6, 6.07) is 11.5. The second kappa shape index (κ2) is 3.23. The number of hydrogen-bond donors (Lipinski definition) is 1. The van der Waals surface area contributed by atoms with Crippen LogP contribution in [0.25, 0.3) is 10.4 Å². The van der Waals surface area contributed by atoms with E-state index in [0.717, 1.165) is 10.4 Å². The molecule has 0 amide bonds. The lowest BCUT2D eigenvalue weighted by molar-refractivity contribution is 0.477. The molecule has 0 saturated heterocycles. The molecular formula is C11H10OS. The fraction of sp³-hybridized carbons (Fsp3) is 0.0909. The van der Waals surface area contributed by atoms with Gasteiger partial charge in [-0.05, 0) is 31.2 Å². The lowest BCUT2D eigenvalue weighted by Crippen LogP contribution is -1.71. The zero-order chi connectivity index (χ0) is 9.26. The maximum atomic E-state index is 9.58. The Balaban J connectivity index is 2.52. The second-order valence-electron chi connectivity index (χ2n) is 2.93. The number of thiophene rings is 1. The van der Waals surface area contributed by atoms with Crippen LogP contribution in [0, 0.1) is 6.92 Å². The van der Waals surface area contributed by atoms with Crippen LogP contribution in [0.5, 0.6) is 5.75 Å². The number of hydrogen-bond acceptors (Lipinski definition) is 2. The van der Waals surface area contributed by atoms with Gasteiger partial charge in [0, 0.05) is 15.3 Å². The maximum Gasteiger partial charge on any atom is 0.124 e. The molecule has 2 heteroatoms. The van der Waals surface area contributed by atoms with Gasteiger partial charge in [0.15, 0.2) is 0 Å². The van der Waals surface area contributed by atoms with Gasteiger partial charge in [0.25, 0.3) is 0 Å². The minimum absolute atomic E-state index is 0.351. The first kappa shape index (κ1) is 8.32. The van der Waals surface area contributed by atoms with E-state index in [9.17, 15) is 5.11 Å². The van der Waals surface area contributed by atoms with E-state index in [1.807, 2.05) is 24.3 Å². The highest BCUT2D eigenvalue weighted by Crippen LogP contribution is 2.33. The topological polar surface area (TPSA) is 20.2 Å². The maximum absolute atomic E-state index is 9.58. The standard InChI is InChI=1S/C11H10OS/c1-8-6-7-11(13-8)9-4-2-3-5-10(9)12/h2-7,12H,1H3. The molecule has 13 heavy (non-hydrogen) atoms. The summed E-state index contributed by atoms with van der Waals surface area (Å²) in [5, 5.41) is 9.58. The number of benzene rings is 1. The molecule has 2 aromatic rings. The summed E-state index contributed by atoms with van der Waals surface area (Å²) >= 11 is 1.69. The molecule has 0 atom stereocenters. The van der Waals surface area contributed by atoms with Crippen LogP contribution in [0.1, 0.15) is 4.88 Å². The minimum atomic E-state index is 0.351. The van der Waals surface area contributed by atoms with Crippen molar-refractivity contribution in [1.82, 2.24) is 0 Å². The first-order valence-electron chi connectivity index (χ1n) is 4.12. The molecule has 1 aromatic heterocycles. The van der Waals surface area contributed by atoms with E-state index in [1.165, 1.54) is 4.88 Å². The summed E-state index contributed by atoms with van der Waals surface area (Å²) in [5.74, 6) is 0.351. The van der Waals surface area contributed by atoms with Gasteiger partial charge in [0.1, 0.15) is 5.75 Å². The van der Waals surface area contributed by atoms with Crippen LogP contribution in [-0.2, 0) is 0 Å². The van der Waals surface area contributed by atoms with Gasteiger partial charge >= 0.3 is 0 Å². The van der Waals surface area contributed by atoms with Gasteiger partial charge in [0.05, 0.1) is 0 Å². The van der Waals surface area contributed by atoms with Crippen LogP contribution < -0.4 is 0 Å². The summed E-state index contributed by atoms with van der Waals surface area (Å²) in [5.41, 5.74) is 0.917. The summed E-state index contributed by atoms with van der Waals surface area (Å²) in [4.78, 5) is 2.38. The van der Waals surface area contributed by atoms with Crippen LogP contribution in [0.15, 0.2) is 36.4 Å². The molecule has 0 saturated carbocycles. The van der Waals surface area contributed by atoms with Crippen molar-refractivity contribution in [3.8, 4) is 16.2 Å². The van der Waals surface area contributed by atoms with Crippen molar-refractivity contribution < 1.29 is 5.11 Å². The Morgan fingerprint density at radius 1 is 1.08 bits per heavy atom. The van der Waals surface area contributed by atoms with E-state index in [-0.39, 0.29) is 0 Å². The Morgan fingerprint density at radius 3 is 2.46 bits per heavy atom. The Kier molecular flexibility index (Phi) is 2.07. The Labute approximate surface area is 81.3 Å². The van der Waals surface area contributed by atoms with Crippen LogP contribution in [0.4, 0.5) is 0 Å². The van der Waals surface area contributed by atoms with Gasteiger partial charge in [0.2, 0.25) is 0 Å². The molecule has 1 heterocycles. The lowest BCUT2D eigenvalue weighted by atomic mass is 10.2. The van der Waals surface area contributed by atoms with E-state index in [4.69, 9.17) is 0 Å². The van der Waals surface area contributed by atoms with Gasteiger partial charge in [-0.1, -0.05) is 12.1 Å². The van der Waals surface area contributed by atoms with Crippen molar-refractivity contribution in [2.24, 2.45) is 0 Å². The number of rotatable bonds is 1. The lowest BCUT2D eigenvalue weighted by Gasteiger charge is -1.99. The SMILES string of the molecule is Cc1ccc(-c2ccccc2O)s1. The van der Waals surface area contributed by atoms with Crippen LogP contribution in [0.3, 0.4) is 0 Å². The molecular weight excluding hydrogens is 180 g/mol. The third-order valence-corrected chi connectivity index (χ3v) is 2.94. The van der Waals surface area contributed by atoms with E-state index in [0.29, 0.717) is 5.75 Å². The van der Waals surface area contributed by atoms with Gasteiger partial charge in [-0.2, -0.15) is 0 Å². The number of aromatic hydroxyl groups is 1. The zero-order valence-corrected chi connectivity index (χ0v) is 8.14. The molecule has 0 aliphatic rings. The fourth-order valence-electron chi connectivity index (χ4n) is 1.26. The molecule has 0 aliphatic carbocycles. The molecule has 1 nitrogen and oxygen atoms in total. The van der Waals surface area contributed by atoms with E-state index in [2.05, 4.69) is 13.0 Å². The first-order chi connectivity index (χ1) is 6.27. The average Bonchev–Trinajstić information content (AvgIpc) is 2.53. The van der Waals surface area contributed by atoms with Gasteiger partial charge in [-0.25, -0.2) is 0 Å². The molecule has 0 bridgehead atoms. The minimum Gasteiger partial charge on any atom is -0.507 e. The van der Waals surface area contributed by atoms with Crippen molar-refractivity contribution in [3.63, 3.8) is 0 Å². The van der Waals surface area contributed by atoms with E-state index in [1.54, 1.807) is 17.4 Å². The summed E-state index contributed by atoms with van der Waals surface area (Å²) in [6.45, 7) is 2.06. The number of phenolic OH excluding ortho intramolecular Hbond substituents is 1. The van der Waals surface area contributed by atoms with Crippen LogP contribution in [0.2, 0.25) is 0 Å². The van der Waals surface area contributed by atoms with Gasteiger partial charge in [-0.3, -0.25) is 0 Å². The average molecular weight is 190 g/mol. The largest absolute Gasteiger partial charge is 0.507 e. The predicted octanol–water partition coefficient (Wildman–Crippen LogP) is 3.43.